The van der Waals surface area contributed by atoms with Crippen molar-refractivity contribution in [2.24, 2.45) is 5.92 Å². The Bertz CT molecular complexity index is 183. The summed E-state index contributed by atoms with van der Waals surface area (Å²) < 4.78 is 5.48. The first-order valence-corrected chi connectivity index (χ1v) is 5.37. The van der Waals surface area contributed by atoms with Gasteiger partial charge in [0.2, 0.25) is 0 Å². The molecule has 5 heteroatoms. The van der Waals surface area contributed by atoms with Crippen molar-refractivity contribution in [3.05, 3.63) is 6.92 Å². The van der Waals surface area contributed by atoms with Crippen molar-refractivity contribution >= 4 is 0 Å². The van der Waals surface area contributed by atoms with Crippen LogP contribution in [0.25, 0.3) is 0 Å². The maximum Gasteiger partial charge on any atom is 0.109 e. The Kier molecular flexibility index (Phi) is 12.0. The molecular weight excluding hydrogens is 453 g/mol. The summed E-state index contributed by atoms with van der Waals surface area (Å²) in [5.41, 5.74) is 0. The van der Waals surface area contributed by atoms with Gasteiger partial charge < -0.3 is 21.9 Å². The van der Waals surface area contributed by atoms with Crippen molar-refractivity contribution in [1.29, 1.82) is 0 Å². The van der Waals surface area contributed by atoms with Crippen LogP contribution >= 0.6 is 0 Å². The smallest absolute Gasteiger partial charge is 0.109 e. The molecule has 1 fully saturated rings. The molecule has 1 aliphatic rings. The molecule has 0 aromatic rings. The summed E-state index contributed by atoms with van der Waals surface area (Å²) in [6, 6.07) is 0. The van der Waals surface area contributed by atoms with Gasteiger partial charge in [0.05, 0.1) is 12.2 Å². The van der Waals surface area contributed by atoms with Crippen LogP contribution < -0.4 is 0 Å². The first-order chi connectivity index (χ1) is 6.56. The van der Waals surface area contributed by atoms with Gasteiger partial charge in [0.1, 0.15) is 12.2 Å². The molecule has 1 rings (SSSR count). The summed E-state index contributed by atoms with van der Waals surface area (Å²) >= 11 is 0. The van der Waals surface area contributed by atoms with Gasteiger partial charge in [0.15, 0.2) is 0 Å². The van der Waals surface area contributed by atoms with Crippen molar-refractivity contribution in [2.75, 3.05) is 0 Å². The molecule has 0 bridgehead atoms. The Morgan fingerprint density at radius 1 is 1.31 bits per heavy atom. The van der Waals surface area contributed by atoms with Crippen LogP contribution in [0.1, 0.15) is 33.1 Å². The zero-order valence-corrected chi connectivity index (χ0v) is 15.8. The SMILES string of the molecule is [CH2-]CC[C@@H](C)CC1OC(C)[C@H](O)[C@@H]1O.[W].[Y]. The monoisotopic (exact) mass is 474 g/mol. The van der Waals surface area contributed by atoms with E-state index in [0.29, 0.717) is 5.92 Å². The first-order valence-electron chi connectivity index (χ1n) is 5.37. The summed E-state index contributed by atoms with van der Waals surface area (Å²) in [6.45, 7) is 7.71. The van der Waals surface area contributed by atoms with Gasteiger partial charge in [0, 0.05) is 53.8 Å². The normalized spacial score (nSPS) is 35.1. The summed E-state index contributed by atoms with van der Waals surface area (Å²) in [6.07, 6.45) is 0.838. The molecule has 5 atom stereocenters. The predicted octanol–water partition coefficient (Wildman–Crippen LogP) is 1.13. The van der Waals surface area contributed by atoms with Crippen molar-refractivity contribution < 1.29 is 68.7 Å². The molecule has 0 aromatic carbocycles. The number of rotatable bonds is 4. The molecule has 0 aromatic heterocycles. The number of aliphatic hydroxyl groups excluding tert-OH is 2. The third kappa shape index (κ3) is 5.54. The molecule has 1 saturated heterocycles. The molecule has 2 N–H and O–H groups in total. The van der Waals surface area contributed by atoms with Crippen molar-refractivity contribution in [3.63, 3.8) is 0 Å². The maximum atomic E-state index is 9.65. The van der Waals surface area contributed by atoms with E-state index in [1.54, 1.807) is 6.92 Å². The second kappa shape index (κ2) is 9.58. The van der Waals surface area contributed by atoms with Crippen LogP contribution in [0.15, 0.2) is 0 Å². The van der Waals surface area contributed by atoms with E-state index in [9.17, 15) is 10.2 Å². The van der Waals surface area contributed by atoms with Gasteiger partial charge in [-0.25, -0.2) is 0 Å². The fourth-order valence-corrected chi connectivity index (χ4v) is 1.99. The standard InChI is InChI=1S/C11H21O3.W.Y/c1-4-5-7(2)6-9-11(13)10(12)8(3)14-9;;/h7-13H,1,4-6H2,2-3H3;;/q-1;;/t7-,8?,9?,10+,11-;;/m1../s1. The van der Waals surface area contributed by atoms with E-state index in [-0.39, 0.29) is 66.0 Å². The van der Waals surface area contributed by atoms with Gasteiger partial charge in [-0.2, -0.15) is 6.42 Å². The summed E-state index contributed by atoms with van der Waals surface area (Å²) in [7, 11) is 0. The van der Waals surface area contributed by atoms with E-state index in [4.69, 9.17) is 4.74 Å². The second-order valence-corrected chi connectivity index (χ2v) is 4.34. The molecule has 1 heterocycles. The second-order valence-electron chi connectivity index (χ2n) is 4.34. The Labute approximate surface area is 138 Å². The average Bonchev–Trinajstić information content (AvgIpc) is 2.34. The number of aliphatic hydroxyl groups is 2. The average molecular weight is 474 g/mol. The summed E-state index contributed by atoms with van der Waals surface area (Å²) in [5.74, 6) is 0.490. The molecule has 1 radical (unpaired) electrons. The third-order valence-electron chi connectivity index (χ3n) is 2.93. The van der Waals surface area contributed by atoms with Gasteiger partial charge in [-0.15, -0.1) is 0 Å². The molecule has 93 valence electrons. The number of hydrogen-bond acceptors (Lipinski definition) is 3. The molecular formula is C11H21O3WY-. The fourth-order valence-electron chi connectivity index (χ4n) is 1.99. The Morgan fingerprint density at radius 2 is 1.88 bits per heavy atom. The fraction of sp³-hybridized carbons (Fsp3) is 0.909. The molecule has 3 nitrogen and oxygen atoms in total. The van der Waals surface area contributed by atoms with E-state index in [1.165, 1.54) is 0 Å². The van der Waals surface area contributed by atoms with Crippen molar-refractivity contribution in [2.45, 2.75) is 57.5 Å². The topological polar surface area (TPSA) is 49.7 Å². The van der Waals surface area contributed by atoms with Crippen LogP contribution in [0.2, 0.25) is 0 Å². The van der Waals surface area contributed by atoms with E-state index in [1.807, 2.05) is 0 Å². The quantitative estimate of drug-likeness (QED) is 0.602. The van der Waals surface area contributed by atoms with Crippen LogP contribution in [0.5, 0.6) is 0 Å². The minimum atomic E-state index is -0.730. The van der Waals surface area contributed by atoms with E-state index >= 15 is 0 Å². The first kappa shape index (κ1) is 20.0. The van der Waals surface area contributed by atoms with Crippen LogP contribution in [-0.2, 0) is 58.5 Å². The third-order valence-corrected chi connectivity index (χ3v) is 2.93. The summed E-state index contributed by atoms with van der Waals surface area (Å²) in [5, 5.41) is 19.1. The Balaban J connectivity index is 0. The zero-order chi connectivity index (χ0) is 10.7. The van der Waals surface area contributed by atoms with Gasteiger partial charge in [-0.1, -0.05) is 13.3 Å². The minimum absolute atomic E-state index is 0. The van der Waals surface area contributed by atoms with E-state index in [0.717, 1.165) is 19.3 Å². The van der Waals surface area contributed by atoms with Crippen LogP contribution in [-0.4, -0.2) is 34.6 Å². The van der Waals surface area contributed by atoms with E-state index < -0.39 is 12.2 Å². The van der Waals surface area contributed by atoms with E-state index in [2.05, 4.69) is 13.8 Å². The van der Waals surface area contributed by atoms with Crippen LogP contribution in [0.3, 0.4) is 0 Å². The molecule has 0 saturated carbocycles. The van der Waals surface area contributed by atoms with Gasteiger partial charge in [-0.3, -0.25) is 0 Å². The number of hydrogen-bond donors (Lipinski definition) is 2. The Hall–Kier alpha value is 1.67. The molecule has 16 heavy (non-hydrogen) atoms. The van der Waals surface area contributed by atoms with Gasteiger partial charge in [0.25, 0.3) is 0 Å². The van der Waals surface area contributed by atoms with Crippen molar-refractivity contribution in [1.82, 2.24) is 0 Å². The zero-order valence-electron chi connectivity index (χ0n) is 10.0. The Morgan fingerprint density at radius 3 is 2.25 bits per heavy atom. The van der Waals surface area contributed by atoms with Crippen molar-refractivity contribution in [3.8, 4) is 0 Å². The predicted molar refractivity (Wildman–Crippen MR) is 54.7 cm³/mol. The molecule has 0 spiro atoms. The molecule has 0 amide bonds. The van der Waals surface area contributed by atoms with Crippen LogP contribution in [0.4, 0.5) is 0 Å². The molecule has 1 aliphatic heterocycles. The minimum Gasteiger partial charge on any atom is -0.388 e. The molecule has 0 aliphatic carbocycles. The maximum absolute atomic E-state index is 9.65. The largest absolute Gasteiger partial charge is 0.388 e. The number of ether oxygens (including phenoxy) is 1. The molecule has 2 unspecified atom stereocenters. The summed E-state index contributed by atoms with van der Waals surface area (Å²) in [4.78, 5) is 0. The van der Waals surface area contributed by atoms with Gasteiger partial charge >= 0.3 is 0 Å². The van der Waals surface area contributed by atoms with Crippen LogP contribution in [0, 0.1) is 12.8 Å². The van der Waals surface area contributed by atoms with Gasteiger partial charge in [-0.05, 0) is 19.3 Å².